The van der Waals surface area contributed by atoms with Crippen molar-refractivity contribution < 1.29 is 44.0 Å². The van der Waals surface area contributed by atoms with E-state index in [1.165, 1.54) is 0 Å². The maximum atomic E-state index is 11.6. The van der Waals surface area contributed by atoms with Gasteiger partial charge in [-0.3, -0.25) is 0 Å². The predicted octanol–water partition coefficient (Wildman–Crippen LogP) is -2.87. The molecule has 1 aliphatic heterocycles. The summed E-state index contributed by atoms with van der Waals surface area (Å²) in [6.45, 7) is -0.0387. The molecular weight excluding hydrogens is 274 g/mol. The Morgan fingerprint density at radius 2 is 1.65 bits per heavy atom. The lowest BCUT2D eigenvalue weighted by atomic mass is 9.99. The van der Waals surface area contributed by atoms with Gasteiger partial charge in [0.1, 0.15) is 18.3 Å². The van der Waals surface area contributed by atoms with Crippen molar-refractivity contribution in [3.8, 4) is 0 Å². The molecule has 0 aromatic rings. The van der Waals surface area contributed by atoms with Gasteiger partial charge in [0.05, 0.1) is 21.1 Å². The van der Waals surface area contributed by atoms with E-state index in [0.29, 0.717) is 0 Å². The Kier molecular flexibility index (Phi) is 5.05. The van der Waals surface area contributed by atoms with Crippen LogP contribution in [0.5, 0.6) is 0 Å². The van der Waals surface area contributed by atoms with Crippen LogP contribution in [0.15, 0.2) is 0 Å². The van der Waals surface area contributed by atoms with E-state index in [-0.39, 0.29) is 11.0 Å². The molecule has 1 aliphatic rings. The summed E-state index contributed by atoms with van der Waals surface area (Å²) in [5.41, 5.74) is 0. The highest BCUT2D eigenvalue weighted by Crippen LogP contribution is 2.22. The average molecular weight is 294 g/mol. The summed E-state index contributed by atoms with van der Waals surface area (Å²) in [6, 6.07) is 0. The van der Waals surface area contributed by atoms with Crippen LogP contribution in [0.1, 0.15) is 0 Å². The van der Waals surface area contributed by atoms with Crippen molar-refractivity contribution in [2.75, 3.05) is 27.7 Å². The number of rotatable bonds is 4. The fourth-order valence-corrected chi connectivity index (χ4v) is 1.70. The first-order valence-corrected chi connectivity index (χ1v) is 5.95. The fourth-order valence-electron chi connectivity index (χ4n) is 1.70. The number of quaternary nitrogens is 1. The molecule has 9 nitrogen and oxygen atoms in total. The highest BCUT2D eigenvalue weighted by Gasteiger charge is 2.48. The third kappa shape index (κ3) is 4.12. The number of esters is 1. The molecule has 0 spiro atoms. The van der Waals surface area contributed by atoms with Crippen LogP contribution in [0, 0.1) is 0 Å². The summed E-state index contributed by atoms with van der Waals surface area (Å²) in [7, 11) is 5.20. The molecule has 1 heterocycles. The van der Waals surface area contributed by atoms with Gasteiger partial charge in [-0.15, -0.1) is 0 Å². The number of aliphatic carboxylic acids is 1. The first-order chi connectivity index (χ1) is 9.03. The Hall–Kier alpha value is -1.26. The molecule has 0 radical (unpaired) electrons. The van der Waals surface area contributed by atoms with Gasteiger partial charge in [-0.05, 0) is 0 Å². The van der Waals surface area contributed by atoms with Crippen LogP contribution >= 0.6 is 0 Å². The maximum Gasteiger partial charge on any atom is 0.364 e. The summed E-state index contributed by atoms with van der Waals surface area (Å²) in [5.74, 6) is -2.26. The van der Waals surface area contributed by atoms with Crippen LogP contribution in [-0.4, -0.2) is 95.2 Å². The largest absolute Gasteiger partial charge is 0.479 e. The second kappa shape index (κ2) is 6.02. The van der Waals surface area contributed by atoms with Crippen molar-refractivity contribution in [3.63, 3.8) is 0 Å². The topological polar surface area (TPSA) is 134 Å². The van der Waals surface area contributed by atoms with Crippen LogP contribution in [0.2, 0.25) is 0 Å². The number of carboxylic acid groups (broad SMARTS) is 1. The van der Waals surface area contributed by atoms with Crippen molar-refractivity contribution in [1.29, 1.82) is 0 Å². The molecule has 0 aromatic heterocycles. The third-order valence-electron chi connectivity index (χ3n) is 2.66. The first-order valence-electron chi connectivity index (χ1n) is 5.95. The molecule has 0 saturated carbocycles. The second-order valence-corrected chi connectivity index (χ2v) is 5.67. The Morgan fingerprint density at radius 1 is 1.10 bits per heavy atom. The number of carboxylic acids is 1. The Balaban J connectivity index is 2.74. The normalized spacial score (nSPS) is 34.6. The quantitative estimate of drug-likeness (QED) is 0.321. The van der Waals surface area contributed by atoms with E-state index < -0.39 is 42.6 Å². The lowest BCUT2D eigenvalue weighted by molar-refractivity contribution is -0.862. The van der Waals surface area contributed by atoms with E-state index in [1.54, 1.807) is 21.1 Å². The van der Waals surface area contributed by atoms with Gasteiger partial charge in [0, 0.05) is 0 Å². The zero-order chi connectivity index (χ0) is 15.7. The summed E-state index contributed by atoms with van der Waals surface area (Å²) in [4.78, 5) is 22.5. The number of carbonyl (C=O) groups excluding carboxylic acids is 1. The standard InChI is InChI=1S/C11H19NO8/c1-12(2,3)4-5(13)19-11-8(16)6(14)7(15)9(20-11)10(17)18/h6-9,11,14-16H,4H2,1-3H3/p+1/t6-,7-,8+,9-,11+/m0/s1. The van der Waals surface area contributed by atoms with Gasteiger partial charge < -0.3 is 34.4 Å². The van der Waals surface area contributed by atoms with Crippen molar-refractivity contribution in [1.82, 2.24) is 0 Å². The van der Waals surface area contributed by atoms with Gasteiger partial charge in [-0.25, -0.2) is 9.59 Å². The van der Waals surface area contributed by atoms with Gasteiger partial charge in [0.15, 0.2) is 12.6 Å². The number of likely N-dealkylation sites (N-methyl/N-ethyl adjacent to an activating group) is 1. The van der Waals surface area contributed by atoms with E-state index in [9.17, 15) is 24.9 Å². The summed E-state index contributed by atoms with van der Waals surface area (Å²) < 4.78 is 9.90. The molecular formula is C11H20NO8+. The molecule has 9 heteroatoms. The van der Waals surface area contributed by atoms with Gasteiger partial charge in [0.25, 0.3) is 0 Å². The minimum Gasteiger partial charge on any atom is -0.479 e. The second-order valence-electron chi connectivity index (χ2n) is 5.67. The summed E-state index contributed by atoms with van der Waals surface area (Å²) in [5, 5.41) is 37.5. The summed E-state index contributed by atoms with van der Waals surface area (Å²) >= 11 is 0. The Labute approximate surface area is 115 Å². The molecule has 0 amide bonds. The van der Waals surface area contributed by atoms with Gasteiger partial charge in [-0.2, -0.15) is 0 Å². The average Bonchev–Trinajstić information content (AvgIpc) is 2.27. The number of aliphatic hydroxyl groups is 3. The molecule has 1 rings (SSSR count). The first kappa shape index (κ1) is 16.8. The molecule has 116 valence electrons. The third-order valence-corrected chi connectivity index (χ3v) is 2.66. The zero-order valence-corrected chi connectivity index (χ0v) is 11.5. The van der Waals surface area contributed by atoms with Crippen LogP contribution in [0.3, 0.4) is 0 Å². The van der Waals surface area contributed by atoms with E-state index >= 15 is 0 Å². The van der Waals surface area contributed by atoms with Crippen molar-refractivity contribution in [3.05, 3.63) is 0 Å². The molecule has 1 saturated heterocycles. The van der Waals surface area contributed by atoms with Crippen molar-refractivity contribution in [2.24, 2.45) is 0 Å². The molecule has 20 heavy (non-hydrogen) atoms. The van der Waals surface area contributed by atoms with Gasteiger partial charge >= 0.3 is 11.9 Å². The summed E-state index contributed by atoms with van der Waals surface area (Å²) in [6.07, 6.45) is -8.75. The van der Waals surface area contributed by atoms with Crippen LogP contribution in [0.25, 0.3) is 0 Å². The SMILES string of the molecule is C[N+](C)(C)CC(=O)O[C@@H]1O[C@H](C(=O)O)[C@@H](O)[C@H](O)[C@H]1O. The highest BCUT2D eigenvalue weighted by atomic mass is 16.7. The van der Waals surface area contributed by atoms with E-state index in [0.717, 1.165) is 0 Å². The highest BCUT2D eigenvalue weighted by molar-refractivity contribution is 5.74. The van der Waals surface area contributed by atoms with Crippen molar-refractivity contribution in [2.45, 2.75) is 30.7 Å². The zero-order valence-electron chi connectivity index (χ0n) is 11.5. The minimum absolute atomic E-state index is 0.0387. The number of aliphatic hydroxyl groups excluding tert-OH is 3. The Bertz CT molecular complexity index is 379. The Morgan fingerprint density at radius 3 is 2.10 bits per heavy atom. The molecule has 0 unspecified atom stereocenters. The van der Waals surface area contributed by atoms with Gasteiger partial charge in [-0.1, -0.05) is 0 Å². The monoisotopic (exact) mass is 294 g/mol. The molecule has 0 aliphatic carbocycles. The molecule has 0 bridgehead atoms. The van der Waals surface area contributed by atoms with E-state index in [4.69, 9.17) is 14.6 Å². The molecule has 0 aromatic carbocycles. The smallest absolute Gasteiger partial charge is 0.364 e. The van der Waals surface area contributed by atoms with Crippen LogP contribution < -0.4 is 0 Å². The molecule has 1 fully saturated rings. The van der Waals surface area contributed by atoms with Crippen LogP contribution in [-0.2, 0) is 19.1 Å². The lowest BCUT2D eigenvalue weighted by Crippen LogP contribution is -2.61. The lowest BCUT2D eigenvalue weighted by Gasteiger charge is -2.38. The molecule has 5 atom stereocenters. The van der Waals surface area contributed by atoms with E-state index in [1.807, 2.05) is 0 Å². The fraction of sp³-hybridized carbons (Fsp3) is 0.818. The number of ether oxygens (including phenoxy) is 2. The maximum absolute atomic E-state index is 11.6. The van der Waals surface area contributed by atoms with E-state index in [2.05, 4.69) is 0 Å². The number of hydrogen-bond donors (Lipinski definition) is 4. The predicted molar refractivity (Wildman–Crippen MR) is 63.3 cm³/mol. The molecule has 4 N–H and O–H groups in total. The van der Waals surface area contributed by atoms with Crippen molar-refractivity contribution >= 4 is 11.9 Å². The number of carbonyl (C=O) groups is 2. The number of nitrogens with zero attached hydrogens (tertiary/aromatic N) is 1. The number of hydrogen-bond acceptors (Lipinski definition) is 7. The van der Waals surface area contributed by atoms with Gasteiger partial charge in [0.2, 0.25) is 6.29 Å². The van der Waals surface area contributed by atoms with Crippen LogP contribution in [0.4, 0.5) is 0 Å². The minimum atomic E-state index is -1.81.